The number of aryl methyl sites for hydroxylation is 3. The quantitative estimate of drug-likeness (QED) is 0.414. The van der Waals surface area contributed by atoms with Gasteiger partial charge in [0.25, 0.3) is 0 Å². The molecule has 136 valence electrons. The van der Waals surface area contributed by atoms with E-state index in [2.05, 4.69) is 53.2 Å². The van der Waals surface area contributed by atoms with Gasteiger partial charge in [-0.05, 0) is 84.1 Å². The maximum Gasteiger partial charge on any atom is 0.123 e. The van der Waals surface area contributed by atoms with Crippen LogP contribution >= 0.6 is 0 Å². The van der Waals surface area contributed by atoms with E-state index in [0.29, 0.717) is 0 Å². The molecule has 3 aromatic carbocycles. The molecule has 28 heavy (non-hydrogen) atoms. The monoisotopic (exact) mass is 365 g/mol. The van der Waals surface area contributed by atoms with Crippen molar-refractivity contribution in [2.75, 3.05) is 0 Å². The Kier molecular flexibility index (Phi) is 5.17. The maximum absolute atomic E-state index is 13.3. The molecule has 0 aliphatic rings. The smallest absolute Gasteiger partial charge is 0.123 e. The Labute approximate surface area is 164 Å². The highest BCUT2D eigenvalue weighted by Crippen LogP contribution is 2.17. The first-order valence-electron chi connectivity index (χ1n) is 9.37. The van der Waals surface area contributed by atoms with Crippen molar-refractivity contribution in [3.05, 3.63) is 113 Å². The van der Waals surface area contributed by atoms with Crippen molar-refractivity contribution in [3.63, 3.8) is 0 Å². The molecular formula is C26H20FN. The number of fused-ring (bicyclic) bond motifs is 1. The fourth-order valence-corrected chi connectivity index (χ4v) is 3.11. The Hall–Kier alpha value is -3.44. The SMILES string of the molecule is Cc1ccc(CCc2ccc(C#Cc3ccc4cc(F)ccc4c3)cc2)nc1. The number of aromatic nitrogens is 1. The summed E-state index contributed by atoms with van der Waals surface area (Å²) in [6.07, 6.45) is 3.81. The van der Waals surface area contributed by atoms with Gasteiger partial charge >= 0.3 is 0 Å². The van der Waals surface area contributed by atoms with E-state index in [1.807, 2.05) is 31.3 Å². The highest BCUT2D eigenvalue weighted by Gasteiger charge is 1.99. The van der Waals surface area contributed by atoms with E-state index in [-0.39, 0.29) is 5.82 Å². The molecular weight excluding hydrogens is 345 g/mol. The minimum atomic E-state index is -0.218. The van der Waals surface area contributed by atoms with Crippen LogP contribution in [0.1, 0.15) is 27.9 Å². The molecule has 1 heterocycles. The lowest BCUT2D eigenvalue weighted by Crippen LogP contribution is -1.94. The average Bonchev–Trinajstić information content (AvgIpc) is 2.72. The molecule has 0 N–H and O–H groups in total. The van der Waals surface area contributed by atoms with Crippen molar-refractivity contribution in [2.45, 2.75) is 19.8 Å². The van der Waals surface area contributed by atoms with Gasteiger partial charge in [-0.3, -0.25) is 4.98 Å². The summed E-state index contributed by atoms with van der Waals surface area (Å²) in [6.45, 7) is 2.05. The van der Waals surface area contributed by atoms with Crippen LogP contribution in [0.25, 0.3) is 10.8 Å². The third kappa shape index (κ3) is 4.45. The molecule has 0 aliphatic heterocycles. The summed E-state index contributed by atoms with van der Waals surface area (Å²) < 4.78 is 13.3. The van der Waals surface area contributed by atoms with E-state index in [1.54, 1.807) is 6.07 Å². The van der Waals surface area contributed by atoms with Crippen molar-refractivity contribution in [1.29, 1.82) is 0 Å². The molecule has 1 nitrogen and oxygen atoms in total. The zero-order chi connectivity index (χ0) is 19.3. The van der Waals surface area contributed by atoms with Gasteiger partial charge in [0.1, 0.15) is 5.82 Å². The van der Waals surface area contributed by atoms with Crippen molar-refractivity contribution >= 4 is 10.8 Å². The maximum atomic E-state index is 13.3. The largest absolute Gasteiger partial charge is 0.261 e. The molecule has 0 saturated heterocycles. The van der Waals surface area contributed by atoms with Gasteiger partial charge in [0, 0.05) is 23.0 Å². The molecule has 0 spiro atoms. The van der Waals surface area contributed by atoms with Crippen molar-refractivity contribution in [1.82, 2.24) is 4.98 Å². The minimum Gasteiger partial charge on any atom is -0.261 e. The molecule has 0 bridgehead atoms. The topological polar surface area (TPSA) is 12.9 Å². The van der Waals surface area contributed by atoms with Crippen LogP contribution in [0, 0.1) is 24.6 Å². The first-order chi connectivity index (χ1) is 13.7. The number of halogens is 1. The van der Waals surface area contributed by atoms with Gasteiger partial charge in [-0.1, -0.05) is 42.2 Å². The van der Waals surface area contributed by atoms with Crippen molar-refractivity contribution < 1.29 is 4.39 Å². The molecule has 1 aromatic heterocycles. The highest BCUT2D eigenvalue weighted by molar-refractivity contribution is 5.83. The second-order valence-corrected chi connectivity index (χ2v) is 6.98. The van der Waals surface area contributed by atoms with Crippen LogP contribution in [0.15, 0.2) is 79.0 Å². The lowest BCUT2D eigenvalue weighted by molar-refractivity contribution is 0.630. The molecule has 0 unspecified atom stereocenters. The van der Waals surface area contributed by atoms with Gasteiger partial charge in [0.2, 0.25) is 0 Å². The summed E-state index contributed by atoms with van der Waals surface area (Å²) in [5.74, 6) is 6.19. The lowest BCUT2D eigenvalue weighted by atomic mass is 10.0. The van der Waals surface area contributed by atoms with E-state index in [9.17, 15) is 4.39 Å². The summed E-state index contributed by atoms with van der Waals surface area (Å²) in [5.41, 5.74) is 5.49. The number of benzene rings is 3. The van der Waals surface area contributed by atoms with Gasteiger partial charge in [0.15, 0.2) is 0 Å². The van der Waals surface area contributed by atoms with Crippen LogP contribution in [0.5, 0.6) is 0 Å². The second-order valence-electron chi connectivity index (χ2n) is 6.98. The Bertz CT molecular complexity index is 1160. The molecule has 0 aliphatic carbocycles. The van der Waals surface area contributed by atoms with E-state index >= 15 is 0 Å². The summed E-state index contributed by atoms with van der Waals surface area (Å²) in [6, 6.07) is 23.2. The Morgan fingerprint density at radius 1 is 0.750 bits per heavy atom. The lowest BCUT2D eigenvalue weighted by Gasteiger charge is -2.02. The molecule has 4 aromatic rings. The van der Waals surface area contributed by atoms with Gasteiger partial charge in [-0.2, -0.15) is 0 Å². The molecule has 0 saturated carbocycles. The van der Waals surface area contributed by atoms with E-state index in [4.69, 9.17) is 0 Å². The summed E-state index contributed by atoms with van der Waals surface area (Å²) in [5, 5.41) is 1.88. The summed E-state index contributed by atoms with van der Waals surface area (Å²) in [7, 11) is 0. The number of hydrogen-bond acceptors (Lipinski definition) is 1. The number of rotatable bonds is 3. The normalized spacial score (nSPS) is 10.5. The van der Waals surface area contributed by atoms with Crippen LogP contribution in [-0.4, -0.2) is 4.98 Å². The molecule has 0 atom stereocenters. The Balaban J connectivity index is 1.43. The molecule has 0 amide bonds. The van der Waals surface area contributed by atoms with Crippen LogP contribution < -0.4 is 0 Å². The third-order valence-corrected chi connectivity index (χ3v) is 4.75. The fourth-order valence-electron chi connectivity index (χ4n) is 3.11. The Morgan fingerprint density at radius 2 is 1.46 bits per heavy atom. The minimum absolute atomic E-state index is 0.218. The summed E-state index contributed by atoms with van der Waals surface area (Å²) in [4.78, 5) is 4.46. The van der Waals surface area contributed by atoms with Gasteiger partial charge in [-0.25, -0.2) is 4.39 Å². The van der Waals surface area contributed by atoms with Gasteiger partial charge in [-0.15, -0.1) is 0 Å². The number of nitrogens with zero attached hydrogens (tertiary/aromatic N) is 1. The molecule has 0 radical (unpaired) electrons. The van der Waals surface area contributed by atoms with Gasteiger partial charge < -0.3 is 0 Å². The first kappa shape index (κ1) is 17.9. The molecule has 2 heteroatoms. The van der Waals surface area contributed by atoms with Crippen LogP contribution in [0.3, 0.4) is 0 Å². The van der Waals surface area contributed by atoms with Crippen molar-refractivity contribution in [2.24, 2.45) is 0 Å². The van der Waals surface area contributed by atoms with E-state index < -0.39 is 0 Å². The predicted molar refractivity (Wildman–Crippen MR) is 113 cm³/mol. The third-order valence-electron chi connectivity index (χ3n) is 4.75. The Morgan fingerprint density at radius 3 is 2.25 bits per heavy atom. The predicted octanol–water partition coefficient (Wildman–Crippen LogP) is 5.87. The van der Waals surface area contributed by atoms with E-state index in [1.165, 1.54) is 23.3 Å². The second kappa shape index (κ2) is 8.06. The standard InChI is InChI=1S/C26H20FN/c1-19-2-14-26(28-18-19)15-10-21-5-3-20(4-6-21)7-8-22-9-11-24-17-25(27)13-12-23(24)16-22/h2-6,9,11-14,16-18H,10,15H2,1H3. The van der Waals surface area contributed by atoms with Crippen molar-refractivity contribution in [3.8, 4) is 11.8 Å². The van der Waals surface area contributed by atoms with Crippen LogP contribution in [-0.2, 0) is 12.8 Å². The zero-order valence-corrected chi connectivity index (χ0v) is 15.7. The van der Waals surface area contributed by atoms with Crippen LogP contribution in [0.2, 0.25) is 0 Å². The summed E-state index contributed by atoms with van der Waals surface area (Å²) >= 11 is 0. The molecule has 4 rings (SSSR count). The van der Waals surface area contributed by atoms with E-state index in [0.717, 1.165) is 40.4 Å². The fraction of sp³-hybridized carbons (Fsp3) is 0.115. The average molecular weight is 365 g/mol. The highest BCUT2D eigenvalue weighted by atomic mass is 19.1. The van der Waals surface area contributed by atoms with Crippen LogP contribution in [0.4, 0.5) is 4.39 Å². The zero-order valence-electron chi connectivity index (χ0n) is 15.7. The number of hydrogen-bond donors (Lipinski definition) is 0. The molecule has 0 fully saturated rings. The first-order valence-corrected chi connectivity index (χ1v) is 9.37. The number of pyridine rings is 1. The van der Waals surface area contributed by atoms with Gasteiger partial charge in [0.05, 0.1) is 0 Å².